The van der Waals surface area contributed by atoms with E-state index in [0.29, 0.717) is 36.1 Å². The SMILES string of the molecule is CCCc1ccc(C2=C(C)CC([C@@H]3CCCN3C(=N)N)=N2)cc1C(F)(F)F. The first-order chi connectivity index (χ1) is 12.7. The summed E-state index contributed by atoms with van der Waals surface area (Å²) in [6, 6.07) is 4.51. The lowest BCUT2D eigenvalue weighted by Gasteiger charge is -2.24. The number of guanidine groups is 1. The summed E-state index contributed by atoms with van der Waals surface area (Å²) >= 11 is 0. The number of aliphatic imine (C=N–C) groups is 1. The highest BCUT2D eigenvalue weighted by atomic mass is 19.4. The van der Waals surface area contributed by atoms with Gasteiger partial charge < -0.3 is 10.6 Å². The van der Waals surface area contributed by atoms with Gasteiger partial charge in [-0.05, 0) is 43.4 Å². The molecule has 0 bridgehead atoms. The van der Waals surface area contributed by atoms with Crippen LogP contribution < -0.4 is 5.73 Å². The highest BCUT2D eigenvalue weighted by molar-refractivity contribution is 6.02. The number of allylic oxidation sites excluding steroid dienone is 1. The Labute approximate surface area is 157 Å². The fraction of sp³-hybridized carbons (Fsp3) is 0.500. The van der Waals surface area contributed by atoms with Crippen LogP contribution in [0.3, 0.4) is 0 Å². The van der Waals surface area contributed by atoms with Crippen LogP contribution in [0.5, 0.6) is 0 Å². The highest BCUT2D eigenvalue weighted by Crippen LogP contribution is 2.38. The van der Waals surface area contributed by atoms with Crippen molar-refractivity contribution in [2.24, 2.45) is 10.7 Å². The lowest BCUT2D eigenvalue weighted by Crippen LogP contribution is -2.43. The van der Waals surface area contributed by atoms with Gasteiger partial charge in [0.2, 0.25) is 0 Å². The van der Waals surface area contributed by atoms with Crippen LogP contribution in [0, 0.1) is 5.41 Å². The number of benzene rings is 1. The minimum absolute atomic E-state index is 0.0228. The third-order valence-electron chi connectivity index (χ3n) is 5.26. The van der Waals surface area contributed by atoms with E-state index >= 15 is 0 Å². The van der Waals surface area contributed by atoms with Crippen molar-refractivity contribution in [2.45, 2.75) is 58.2 Å². The summed E-state index contributed by atoms with van der Waals surface area (Å²) in [5.41, 5.74) is 8.39. The summed E-state index contributed by atoms with van der Waals surface area (Å²) in [6.45, 7) is 4.50. The van der Waals surface area contributed by atoms with Gasteiger partial charge in [0.25, 0.3) is 0 Å². The zero-order valence-electron chi connectivity index (χ0n) is 15.7. The Morgan fingerprint density at radius 3 is 2.74 bits per heavy atom. The van der Waals surface area contributed by atoms with E-state index in [1.807, 2.05) is 18.7 Å². The van der Waals surface area contributed by atoms with Gasteiger partial charge in [-0.2, -0.15) is 13.2 Å². The monoisotopic (exact) mass is 378 g/mol. The molecule has 3 rings (SSSR count). The number of likely N-dealkylation sites (tertiary alicyclic amines) is 1. The van der Waals surface area contributed by atoms with E-state index in [1.165, 1.54) is 6.07 Å². The molecule has 1 fully saturated rings. The molecule has 27 heavy (non-hydrogen) atoms. The summed E-state index contributed by atoms with van der Waals surface area (Å²) in [5, 5.41) is 7.72. The molecule has 3 N–H and O–H groups in total. The fourth-order valence-corrected chi connectivity index (χ4v) is 4.01. The predicted octanol–water partition coefficient (Wildman–Crippen LogP) is 4.59. The molecule has 1 saturated heterocycles. The quantitative estimate of drug-likeness (QED) is 0.594. The Morgan fingerprint density at radius 2 is 2.11 bits per heavy atom. The van der Waals surface area contributed by atoms with E-state index < -0.39 is 11.7 Å². The third kappa shape index (κ3) is 3.87. The maximum Gasteiger partial charge on any atom is 0.416 e. The zero-order valence-corrected chi connectivity index (χ0v) is 15.7. The van der Waals surface area contributed by atoms with Crippen molar-refractivity contribution in [1.29, 1.82) is 5.41 Å². The summed E-state index contributed by atoms with van der Waals surface area (Å²) in [7, 11) is 0. The number of alkyl halides is 3. The van der Waals surface area contributed by atoms with Crippen LogP contribution in [0.4, 0.5) is 13.2 Å². The number of nitrogens with two attached hydrogens (primary N) is 1. The molecule has 2 aliphatic heterocycles. The molecule has 0 amide bonds. The Balaban J connectivity index is 1.95. The molecular weight excluding hydrogens is 353 g/mol. The van der Waals surface area contributed by atoms with Crippen molar-refractivity contribution >= 4 is 17.4 Å². The maximum absolute atomic E-state index is 13.5. The van der Waals surface area contributed by atoms with E-state index in [4.69, 9.17) is 11.1 Å². The molecule has 2 aliphatic rings. The lowest BCUT2D eigenvalue weighted by molar-refractivity contribution is -0.138. The van der Waals surface area contributed by atoms with Gasteiger partial charge in [-0.1, -0.05) is 25.5 Å². The second-order valence-corrected chi connectivity index (χ2v) is 7.27. The first-order valence-corrected chi connectivity index (χ1v) is 9.30. The van der Waals surface area contributed by atoms with Gasteiger partial charge in [0.05, 0.1) is 17.3 Å². The molecule has 0 unspecified atom stereocenters. The molecular formula is C20H25F3N4. The van der Waals surface area contributed by atoms with Crippen LogP contribution in [-0.2, 0) is 12.6 Å². The minimum Gasteiger partial charge on any atom is -0.370 e. The Morgan fingerprint density at radius 1 is 1.37 bits per heavy atom. The molecule has 1 aromatic carbocycles. The molecule has 0 aliphatic carbocycles. The zero-order chi connectivity index (χ0) is 19.8. The van der Waals surface area contributed by atoms with Gasteiger partial charge in [0.15, 0.2) is 5.96 Å². The Kier molecular flexibility index (Phi) is 5.31. The number of rotatable bonds is 4. The highest BCUT2D eigenvalue weighted by Gasteiger charge is 2.35. The summed E-state index contributed by atoms with van der Waals surface area (Å²) in [6.07, 6.45) is -0.908. The first-order valence-electron chi connectivity index (χ1n) is 9.30. The second kappa shape index (κ2) is 7.37. The summed E-state index contributed by atoms with van der Waals surface area (Å²) < 4.78 is 40.5. The summed E-state index contributed by atoms with van der Waals surface area (Å²) in [4.78, 5) is 6.51. The number of hydrogen-bond donors (Lipinski definition) is 2. The predicted molar refractivity (Wildman–Crippen MR) is 102 cm³/mol. The van der Waals surface area contributed by atoms with Gasteiger partial charge >= 0.3 is 6.18 Å². The van der Waals surface area contributed by atoms with Crippen molar-refractivity contribution < 1.29 is 13.2 Å². The largest absolute Gasteiger partial charge is 0.416 e. The number of hydrogen-bond acceptors (Lipinski definition) is 2. The van der Waals surface area contributed by atoms with E-state index in [1.54, 1.807) is 12.1 Å². The van der Waals surface area contributed by atoms with Crippen LogP contribution in [0.2, 0.25) is 0 Å². The van der Waals surface area contributed by atoms with E-state index in [-0.39, 0.29) is 12.0 Å². The molecule has 146 valence electrons. The van der Waals surface area contributed by atoms with Gasteiger partial charge in [0.1, 0.15) is 0 Å². The van der Waals surface area contributed by atoms with Crippen molar-refractivity contribution in [2.75, 3.05) is 6.54 Å². The molecule has 0 saturated carbocycles. The van der Waals surface area contributed by atoms with Crippen LogP contribution in [-0.4, -0.2) is 29.2 Å². The van der Waals surface area contributed by atoms with Crippen LogP contribution >= 0.6 is 0 Å². The smallest absolute Gasteiger partial charge is 0.370 e. The van der Waals surface area contributed by atoms with E-state index in [0.717, 1.165) is 30.7 Å². The topological polar surface area (TPSA) is 65.5 Å². The number of aryl methyl sites for hydroxylation is 1. The summed E-state index contributed by atoms with van der Waals surface area (Å²) in [5.74, 6) is 0.0228. The van der Waals surface area contributed by atoms with Crippen LogP contribution in [0.25, 0.3) is 5.70 Å². The number of halogens is 3. The molecule has 2 heterocycles. The average Bonchev–Trinajstić information content (AvgIpc) is 3.21. The molecule has 7 heteroatoms. The number of nitrogens with one attached hydrogen (secondary N) is 1. The number of nitrogens with zero attached hydrogens (tertiary/aromatic N) is 2. The minimum atomic E-state index is -4.38. The van der Waals surface area contributed by atoms with Crippen molar-refractivity contribution in [3.8, 4) is 0 Å². The molecule has 0 aromatic heterocycles. The van der Waals surface area contributed by atoms with Gasteiger partial charge in [-0.3, -0.25) is 10.4 Å². The fourth-order valence-electron chi connectivity index (χ4n) is 4.01. The van der Waals surface area contributed by atoms with Gasteiger partial charge in [0, 0.05) is 24.2 Å². The average molecular weight is 378 g/mol. The Hall–Kier alpha value is -2.31. The van der Waals surface area contributed by atoms with Crippen LogP contribution in [0.1, 0.15) is 56.2 Å². The van der Waals surface area contributed by atoms with Crippen molar-refractivity contribution in [1.82, 2.24) is 4.90 Å². The second-order valence-electron chi connectivity index (χ2n) is 7.27. The maximum atomic E-state index is 13.5. The van der Waals surface area contributed by atoms with E-state index in [9.17, 15) is 13.2 Å². The lowest BCUT2D eigenvalue weighted by atomic mass is 9.97. The first kappa shape index (κ1) is 19.5. The normalized spacial score (nSPS) is 20.4. The molecule has 0 radical (unpaired) electrons. The van der Waals surface area contributed by atoms with Crippen molar-refractivity contribution in [3.05, 3.63) is 40.5 Å². The molecule has 4 nitrogen and oxygen atoms in total. The van der Waals surface area contributed by atoms with Gasteiger partial charge in [-0.25, -0.2) is 0 Å². The van der Waals surface area contributed by atoms with Crippen LogP contribution in [0.15, 0.2) is 28.8 Å². The van der Waals surface area contributed by atoms with Gasteiger partial charge in [-0.15, -0.1) is 0 Å². The molecule has 1 atom stereocenters. The third-order valence-corrected chi connectivity index (χ3v) is 5.26. The molecule has 0 spiro atoms. The van der Waals surface area contributed by atoms with Crippen molar-refractivity contribution in [3.63, 3.8) is 0 Å². The molecule has 1 aromatic rings. The van der Waals surface area contributed by atoms with E-state index in [2.05, 4.69) is 4.99 Å². The Bertz CT molecular complexity index is 808. The standard InChI is InChI=1S/C20H25F3N4/c1-3-5-13-7-8-14(11-15(13)20(21,22)23)18-12(2)10-16(26-18)17-6-4-9-27(17)19(24)25/h7-8,11,17H,3-6,9-10H2,1-2H3,(H3,24,25)/t17-/m0/s1.